The van der Waals surface area contributed by atoms with Gasteiger partial charge in [0.1, 0.15) is 11.3 Å². The van der Waals surface area contributed by atoms with Crippen LogP contribution in [0.2, 0.25) is 0 Å². The highest BCUT2D eigenvalue weighted by molar-refractivity contribution is 5.99. The SMILES string of the molecule is CC(C)Oc1cc(C(=O)NCC2CCCO2)cc2occc12. The largest absolute Gasteiger partial charge is 0.490 e. The van der Waals surface area contributed by atoms with Crippen LogP contribution in [0.25, 0.3) is 11.0 Å². The van der Waals surface area contributed by atoms with Crippen LogP contribution in [0.1, 0.15) is 37.0 Å². The molecule has 1 aliphatic rings. The lowest BCUT2D eigenvalue weighted by atomic mass is 10.1. The molecule has 1 aromatic carbocycles. The van der Waals surface area contributed by atoms with Gasteiger partial charge in [0.15, 0.2) is 0 Å². The Morgan fingerprint density at radius 1 is 1.45 bits per heavy atom. The van der Waals surface area contributed by atoms with Crippen molar-refractivity contribution in [2.45, 2.75) is 38.9 Å². The first kappa shape index (κ1) is 14.9. The number of benzene rings is 1. The number of fused-ring (bicyclic) bond motifs is 1. The number of carbonyl (C=O) groups is 1. The summed E-state index contributed by atoms with van der Waals surface area (Å²) < 4.78 is 16.7. The van der Waals surface area contributed by atoms with Crippen molar-refractivity contribution in [1.29, 1.82) is 0 Å². The van der Waals surface area contributed by atoms with Crippen LogP contribution in [0.5, 0.6) is 5.75 Å². The molecule has 2 aromatic rings. The van der Waals surface area contributed by atoms with Crippen molar-refractivity contribution in [3.05, 3.63) is 30.0 Å². The Morgan fingerprint density at radius 2 is 2.32 bits per heavy atom. The van der Waals surface area contributed by atoms with Crippen molar-refractivity contribution in [1.82, 2.24) is 5.32 Å². The maximum atomic E-state index is 12.3. The first-order valence-electron chi connectivity index (χ1n) is 7.71. The molecule has 1 aromatic heterocycles. The molecule has 118 valence electrons. The Hall–Kier alpha value is -2.01. The van der Waals surface area contributed by atoms with E-state index in [2.05, 4.69) is 5.32 Å². The van der Waals surface area contributed by atoms with Crippen LogP contribution in [0.3, 0.4) is 0 Å². The highest BCUT2D eigenvalue weighted by Crippen LogP contribution is 2.29. The fraction of sp³-hybridized carbons (Fsp3) is 0.471. The summed E-state index contributed by atoms with van der Waals surface area (Å²) in [7, 11) is 0. The summed E-state index contributed by atoms with van der Waals surface area (Å²) in [6.07, 6.45) is 3.82. The van der Waals surface area contributed by atoms with Crippen molar-refractivity contribution in [2.24, 2.45) is 0 Å². The Bertz CT molecular complexity index is 656. The van der Waals surface area contributed by atoms with Gasteiger partial charge < -0.3 is 19.2 Å². The molecule has 5 heteroatoms. The van der Waals surface area contributed by atoms with Gasteiger partial charge in [0.05, 0.1) is 23.9 Å². The molecule has 1 saturated heterocycles. The van der Waals surface area contributed by atoms with Crippen LogP contribution < -0.4 is 10.1 Å². The monoisotopic (exact) mass is 303 g/mol. The second-order valence-corrected chi connectivity index (χ2v) is 5.82. The molecular formula is C17H21NO4. The van der Waals surface area contributed by atoms with E-state index in [9.17, 15) is 4.79 Å². The molecule has 22 heavy (non-hydrogen) atoms. The smallest absolute Gasteiger partial charge is 0.251 e. The minimum Gasteiger partial charge on any atom is -0.490 e. The van der Waals surface area contributed by atoms with E-state index in [0.29, 0.717) is 23.4 Å². The quantitative estimate of drug-likeness (QED) is 0.922. The fourth-order valence-corrected chi connectivity index (χ4v) is 2.63. The van der Waals surface area contributed by atoms with Gasteiger partial charge in [0.25, 0.3) is 5.91 Å². The molecule has 0 aliphatic carbocycles. The van der Waals surface area contributed by atoms with Crippen molar-refractivity contribution in [2.75, 3.05) is 13.2 Å². The minimum atomic E-state index is -0.137. The number of rotatable bonds is 5. The number of hydrogen-bond donors (Lipinski definition) is 1. The molecule has 1 aliphatic heterocycles. The van der Waals surface area contributed by atoms with E-state index in [1.165, 1.54) is 0 Å². The normalized spacial score (nSPS) is 18.0. The Balaban J connectivity index is 1.78. The van der Waals surface area contributed by atoms with Gasteiger partial charge in [0, 0.05) is 18.7 Å². The zero-order valence-corrected chi connectivity index (χ0v) is 12.9. The van der Waals surface area contributed by atoms with E-state index in [-0.39, 0.29) is 18.1 Å². The van der Waals surface area contributed by atoms with Crippen LogP contribution in [-0.4, -0.2) is 31.3 Å². The third kappa shape index (κ3) is 3.25. The topological polar surface area (TPSA) is 60.7 Å². The molecule has 0 spiro atoms. The van der Waals surface area contributed by atoms with Crippen LogP contribution in [0, 0.1) is 0 Å². The van der Waals surface area contributed by atoms with Gasteiger partial charge >= 0.3 is 0 Å². The highest BCUT2D eigenvalue weighted by Gasteiger charge is 2.18. The summed E-state index contributed by atoms with van der Waals surface area (Å²) in [5.74, 6) is 0.533. The molecule has 0 saturated carbocycles. The fourth-order valence-electron chi connectivity index (χ4n) is 2.63. The van der Waals surface area contributed by atoms with Gasteiger partial charge in [-0.25, -0.2) is 0 Å². The minimum absolute atomic E-state index is 0.0308. The maximum Gasteiger partial charge on any atom is 0.251 e. The number of furan rings is 1. The van der Waals surface area contributed by atoms with E-state index in [1.54, 1.807) is 18.4 Å². The number of carbonyl (C=O) groups excluding carboxylic acids is 1. The summed E-state index contributed by atoms with van der Waals surface area (Å²) in [5, 5.41) is 3.80. The number of nitrogens with one attached hydrogen (secondary N) is 1. The Kier molecular flexibility index (Phi) is 4.34. The highest BCUT2D eigenvalue weighted by atomic mass is 16.5. The average Bonchev–Trinajstić information content (AvgIpc) is 3.15. The van der Waals surface area contributed by atoms with E-state index >= 15 is 0 Å². The van der Waals surface area contributed by atoms with Gasteiger partial charge in [0.2, 0.25) is 0 Å². The molecule has 1 unspecified atom stereocenters. The summed E-state index contributed by atoms with van der Waals surface area (Å²) in [6, 6.07) is 5.36. The first-order valence-corrected chi connectivity index (χ1v) is 7.71. The molecule has 1 atom stereocenters. The molecule has 0 bridgehead atoms. The van der Waals surface area contributed by atoms with E-state index in [0.717, 1.165) is 24.8 Å². The maximum absolute atomic E-state index is 12.3. The molecule has 3 rings (SSSR count). The van der Waals surface area contributed by atoms with Crippen molar-refractivity contribution in [3.63, 3.8) is 0 Å². The zero-order valence-electron chi connectivity index (χ0n) is 12.9. The summed E-state index contributed by atoms with van der Waals surface area (Å²) in [6.45, 7) is 5.23. The molecule has 1 N–H and O–H groups in total. The molecule has 1 fully saturated rings. The van der Waals surface area contributed by atoms with Crippen LogP contribution >= 0.6 is 0 Å². The predicted octanol–water partition coefficient (Wildman–Crippen LogP) is 3.13. The van der Waals surface area contributed by atoms with Crippen LogP contribution in [0.4, 0.5) is 0 Å². The van der Waals surface area contributed by atoms with Crippen molar-refractivity contribution < 1.29 is 18.7 Å². The lowest BCUT2D eigenvalue weighted by Gasteiger charge is -2.13. The second kappa shape index (κ2) is 6.40. The predicted molar refractivity (Wildman–Crippen MR) is 83.3 cm³/mol. The van der Waals surface area contributed by atoms with E-state index < -0.39 is 0 Å². The Labute approximate surface area is 129 Å². The van der Waals surface area contributed by atoms with Gasteiger partial charge in [-0.3, -0.25) is 4.79 Å². The van der Waals surface area contributed by atoms with E-state index in [4.69, 9.17) is 13.9 Å². The van der Waals surface area contributed by atoms with Crippen LogP contribution in [-0.2, 0) is 4.74 Å². The van der Waals surface area contributed by atoms with Crippen molar-refractivity contribution in [3.8, 4) is 5.75 Å². The molecular weight excluding hydrogens is 282 g/mol. The van der Waals surface area contributed by atoms with Crippen LogP contribution in [0.15, 0.2) is 28.9 Å². The summed E-state index contributed by atoms with van der Waals surface area (Å²) in [5.41, 5.74) is 1.19. The Morgan fingerprint density at radius 3 is 3.05 bits per heavy atom. The molecule has 2 heterocycles. The van der Waals surface area contributed by atoms with Crippen molar-refractivity contribution >= 4 is 16.9 Å². The standard InChI is InChI=1S/C17H21NO4/c1-11(2)22-16-9-12(8-15-14(16)5-7-21-15)17(19)18-10-13-4-3-6-20-13/h5,7-9,11,13H,3-4,6,10H2,1-2H3,(H,18,19). The molecule has 1 amide bonds. The zero-order chi connectivity index (χ0) is 15.5. The number of ether oxygens (including phenoxy) is 2. The number of hydrogen-bond acceptors (Lipinski definition) is 4. The summed E-state index contributed by atoms with van der Waals surface area (Å²) >= 11 is 0. The van der Waals surface area contributed by atoms with Gasteiger partial charge in [-0.2, -0.15) is 0 Å². The second-order valence-electron chi connectivity index (χ2n) is 5.82. The summed E-state index contributed by atoms with van der Waals surface area (Å²) in [4.78, 5) is 12.3. The van der Waals surface area contributed by atoms with Gasteiger partial charge in [-0.05, 0) is 44.9 Å². The van der Waals surface area contributed by atoms with E-state index in [1.807, 2.05) is 19.9 Å². The van der Waals surface area contributed by atoms with Gasteiger partial charge in [-0.15, -0.1) is 0 Å². The molecule has 5 nitrogen and oxygen atoms in total. The average molecular weight is 303 g/mol. The number of amides is 1. The molecule has 0 radical (unpaired) electrons. The lowest BCUT2D eigenvalue weighted by molar-refractivity contribution is 0.0857. The third-order valence-corrected chi connectivity index (χ3v) is 3.67. The third-order valence-electron chi connectivity index (χ3n) is 3.67. The first-order chi connectivity index (χ1) is 10.6. The lowest BCUT2D eigenvalue weighted by Crippen LogP contribution is -2.31. The van der Waals surface area contributed by atoms with Gasteiger partial charge in [-0.1, -0.05) is 0 Å².